The number of amides is 1. The number of anilines is 2. The molecule has 0 spiro atoms. The summed E-state index contributed by atoms with van der Waals surface area (Å²) in [6.07, 6.45) is 7.50. The minimum Gasteiger partial charge on any atom is -0.388 e. The van der Waals surface area contributed by atoms with Crippen LogP contribution in [0, 0.1) is 0 Å². The fraction of sp³-hybridized carbons (Fsp3) is 0.737. The van der Waals surface area contributed by atoms with Crippen LogP contribution >= 0.6 is 0 Å². The van der Waals surface area contributed by atoms with Gasteiger partial charge in [-0.3, -0.25) is 4.79 Å². The van der Waals surface area contributed by atoms with Gasteiger partial charge in [-0.05, 0) is 25.8 Å². The second kappa shape index (κ2) is 7.59. The van der Waals surface area contributed by atoms with Crippen molar-refractivity contribution in [2.45, 2.75) is 56.7 Å². The summed E-state index contributed by atoms with van der Waals surface area (Å²) in [5.41, 5.74) is 0.273. The van der Waals surface area contributed by atoms with Crippen molar-refractivity contribution in [2.24, 2.45) is 0 Å². The Balaban J connectivity index is 1.57. The Kier molecular flexibility index (Phi) is 5.19. The Labute approximate surface area is 160 Å². The predicted octanol–water partition coefficient (Wildman–Crippen LogP) is 0.724. The zero-order valence-electron chi connectivity index (χ0n) is 16.1. The zero-order valence-corrected chi connectivity index (χ0v) is 16.1. The minimum absolute atomic E-state index is 0.126. The lowest BCUT2D eigenvalue weighted by Gasteiger charge is -2.33. The molecule has 8 nitrogen and oxygen atoms in total. The van der Waals surface area contributed by atoms with Gasteiger partial charge in [-0.1, -0.05) is 19.3 Å². The molecule has 2 fully saturated rings. The van der Waals surface area contributed by atoms with Crippen LogP contribution in [0.2, 0.25) is 0 Å². The van der Waals surface area contributed by atoms with Gasteiger partial charge in [0.15, 0.2) is 0 Å². The van der Waals surface area contributed by atoms with E-state index in [2.05, 4.69) is 20.6 Å². The number of hydrogen-bond donors (Lipinski definition) is 3. The molecule has 0 aromatic carbocycles. The van der Waals surface area contributed by atoms with Crippen LogP contribution in [0.15, 0.2) is 6.33 Å². The molecule has 27 heavy (non-hydrogen) atoms. The van der Waals surface area contributed by atoms with Crippen molar-refractivity contribution in [3.05, 3.63) is 11.9 Å². The molecule has 3 aliphatic rings. The van der Waals surface area contributed by atoms with Gasteiger partial charge in [0.05, 0.1) is 24.3 Å². The van der Waals surface area contributed by atoms with Gasteiger partial charge in [0.25, 0.3) is 0 Å². The van der Waals surface area contributed by atoms with E-state index in [1.54, 1.807) is 6.33 Å². The summed E-state index contributed by atoms with van der Waals surface area (Å²) in [4.78, 5) is 25.6. The summed E-state index contributed by atoms with van der Waals surface area (Å²) in [7, 11) is 1.90. The van der Waals surface area contributed by atoms with Crippen LogP contribution in [0.25, 0.3) is 0 Å². The van der Waals surface area contributed by atoms with E-state index < -0.39 is 5.60 Å². The maximum Gasteiger partial charge on any atom is 0.242 e. The van der Waals surface area contributed by atoms with Crippen LogP contribution in [0.4, 0.5) is 11.6 Å². The van der Waals surface area contributed by atoms with Gasteiger partial charge in [-0.2, -0.15) is 0 Å². The number of aromatic nitrogens is 2. The minimum atomic E-state index is -0.669. The van der Waals surface area contributed by atoms with Crippen LogP contribution in [-0.4, -0.2) is 70.8 Å². The van der Waals surface area contributed by atoms with Gasteiger partial charge < -0.3 is 25.5 Å². The molecule has 0 radical (unpaired) electrons. The first-order valence-electron chi connectivity index (χ1n) is 10.1. The quantitative estimate of drug-likeness (QED) is 0.715. The molecule has 8 heteroatoms. The van der Waals surface area contributed by atoms with E-state index in [9.17, 15) is 9.90 Å². The number of fused-ring (bicyclic) bond motifs is 1. The molecule has 3 heterocycles. The highest BCUT2D eigenvalue weighted by Gasteiger charge is 2.34. The molecule has 1 saturated heterocycles. The summed E-state index contributed by atoms with van der Waals surface area (Å²) in [5, 5.41) is 17.5. The summed E-state index contributed by atoms with van der Waals surface area (Å²) in [5.74, 6) is 1.66. The Hall–Kier alpha value is -1.93. The maximum absolute atomic E-state index is 12.8. The molecule has 3 N–H and O–H groups in total. The van der Waals surface area contributed by atoms with E-state index >= 15 is 0 Å². The molecule has 1 aromatic rings. The first kappa shape index (κ1) is 18.4. The van der Waals surface area contributed by atoms with E-state index in [1.807, 2.05) is 16.8 Å². The SMILES string of the molecule is CN1CC(=O)N(C2CCNC2)Cc2c(NCC3(O)CCCCC3)ncnc21. The molecule has 1 saturated carbocycles. The fourth-order valence-electron chi connectivity index (χ4n) is 4.53. The highest BCUT2D eigenvalue weighted by Crippen LogP contribution is 2.31. The van der Waals surface area contributed by atoms with E-state index in [0.717, 1.165) is 62.4 Å². The Morgan fingerprint density at radius 1 is 1.30 bits per heavy atom. The van der Waals surface area contributed by atoms with Crippen molar-refractivity contribution in [1.82, 2.24) is 20.2 Å². The average molecular weight is 374 g/mol. The largest absolute Gasteiger partial charge is 0.388 e. The Bertz CT molecular complexity index is 685. The topological polar surface area (TPSA) is 93.6 Å². The number of rotatable bonds is 4. The number of nitrogens with one attached hydrogen (secondary N) is 2. The second-order valence-corrected chi connectivity index (χ2v) is 8.19. The summed E-state index contributed by atoms with van der Waals surface area (Å²) in [6.45, 7) is 3.09. The standard InChI is InChI=1S/C19H30N6O2/c1-24-11-16(26)25(14-5-8-20-9-14)10-15-17(22-13-23-18(15)24)21-12-19(27)6-3-2-4-7-19/h13-14,20,27H,2-12H2,1H3,(H,21,22,23). The first-order valence-corrected chi connectivity index (χ1v) is 10.1. The van der Waals surface area contributed by atoms with Gasteiger partial charge in [-0.15, -0.1) is 0 Å². The number of aliphatic hydroxyl groups is 1. The van der Waals surface area contributed by atoms with E-state index in [4.69, 9.17) is 0 Å². The van der Waals surface area contributed by atoms with Crippen molar-refractivity contribution in [2.75, 3.05) is 43.4 Å². The fourth-order valence-corrected chi connectivity index (χ4v) is 4.53. The van der Waals surface area contributed by atoms with Crippen LogP contribution in [-0.2, 0) is 11.3 Å². The highest BCUT2D eigenvalue weighted by molar-refractivity contribution is 5.84. The number of carbonyl (C=O) groups is 1. The molecule has 1 aliphatic carbocycles. The summed E-state index contributed by atoms with van der Waals surface area (Å²) >= 11 is 0. The number of carbonyl (C=O) groups excluding carboxylic acids is 1. The Morgan fingerprint density at radius 3 is 2.85 bits per heavy atom. The smallest absolute Gasteiger partial charge is 0.242 e. The monoisotopic (exact) mass is 374 g/mol. The van der Waals surface area contributed by atoms with Gasteiger partial charge in [0.1, 0.15) is 18.0 Å². The maximum atomic E-state index is 12.8. The van der Waals surface area contributed by atoms with Crippen molar-refractivity contribution >= 4 is 17.5 Å². The van der Waals surface area contributed by atoms with Crippen LogP contribution in [0.3, 0.4) is 0 Å². The van der Waals surface area contributed by atoms with E-state index in [1.165, 1.54) is 6.42 Å². The molecule has 1 atom stereocenters. The lowest BCUT2D eigenvalue weighted by molar-refractivity contribution is -0.132. The molecule has 148 valence electrons. The van der Waals surface area contributed by atoms with Crippen molar-refractivity contribution < 1.29 is 9.90 Å². The van der Waals surface area contributed by atoms with Crippen LogP contribution < -0.4 is 15.5 Å². The third-order valence-electron chi connectivity index (χ3n) is 6.15. The summed E-state index contributed by atoms with van der Waals surface area (Å²) in [6, 6.07) is 0.215. The molecular weight excluding hydrogens is 344 g/mol. The van der Waals surface area contributed by atoms with Gasteiger partial charge >= 0.3 is 0 Å². The third kappa shape index (κ3) is 3.87. The molecule has 1 amide bonds. The van der Waals surface area contributed by atoms with Gasteiger partial charge in [-0.25, -0.2) is 9.97 Å². The molecule has 4 rings (SSSR count). The van der Waals surface area contributed by atoms with Crippen molar-refractivity contribution in [3.8, 4) is 0 Å². The lowest BCUT2D eigenvalue weighted by Crippen LogP contribution is -2.43. The number of hydrogen-bond acceptors (Lipinski definition) is 7. The van der Waals surface area contributed by atoms with Crippen molar-refractivity contribution in [3.63, 3.8) is 0 Å². The van der Waals surface area contributed by atoms with Gasteiger partial charge in [0, 0.05) is 26.2 Å². The van der Waals surface area contributed by atoms with E-state index in [0.29, 0.717) is 19.6 Å². The van der Waals surface area contributed by atoms with Crippen molar-refractivity contribution in [1.29, 1.82) is 0 Å². The second-order valence-electron chi connectivity index (χ2n) is 8.19. The van der Waals surface area contributed by atoms with Crippen LogP contribution in [0.5, 0.6) is 0 Å². The summed E-state index contributed by atoms with van der Waals surface area (Å²) < 4.78 is 0. The molecule has 2 aliphatic heterocycles. The van der Waals surface area contributed by atoms with Crippen LogP contribution in [0.1, 0.15) is 44.1 Å². The normalized spacial score (nSPS) is 25.3. The molecule has 0 bridgehead atoms. The molecular formula is C19H30N6O2. The van der Waals surface area contributed by atoms with Gasteiger partial charge in [0.2, 0.25) is 5.91 Å². The number of nitrogens with zero attached hydrogens (tertiary/aromatic N) is 4. The zero-order chi connectivity index (χ0) is 18.9. The predicted molar refractivity (Wildman–Crippen MR) is 104 cm³/mol. The average Bonchev–Trinajstić information content (AvgIpc) is 3.15. The number of likely N-dealkylation sites (N-methyl/N-ethyl adjacent to an activating group) is 1. The molecule has 1 aromatic heterocycles. The third-order valence-corrected chi connectivity index (χ3v) is 6.15. The van der Waals surface area contributed by atoms with E-state index in [-0.39, 0.29) is 11.9 Å². The Morgan fingerprint density at radius 2 is 2.11 bits per heavy atom. The molecule has 1 unspecified atom stereocenters. The highest BCUT2D eigenvalue weighted by atomic mass is 16.3. The lowest BCUT2D eigenvalue weighted by atomic mass is 9.85. The first-order chi connectivity index (χ1) is 13.1.